The lowest BCUT2D eigenvalue weighted by Crippen LogP contribution is -2.37. The highest BCUT2D eigenvalue weighted by Crippen LogP contribution is 2.19. The van der Waals surface area contributed by atoms with Gasteiger partial charge in [-0.25, -0.2) is 0 Å². The number of halogens is 1. The van der Waals surface area contributed by atoms with Gasteiger partial charge in [-0.15, -0.1) is 0 Å². The lowest BCUT2D eigenvalue weighted by Gasteiger charge is -2.19. The number of amides is 1. The fourth-order valence-electron chi connectivity index (χ4n) is 1.88. The summed E-state index contributed by atoms with van der Waals surface area (Å²) in [5, 5.41) is 11.6. The highest BCUT2D eigenvalue weighted by atomic mass is 79.9. The number of hydrogen-bond acceptors (Lipinski definition) is 3. The van der Waals surface area contributed by atoms with Crippen LogP contribution in [0.1, 0.15) is 18.9 Å². The van der Waals surface area contributed by atoms with E-state index in [1.54, 1.807) is 4.90 Å². The molecule has 0 fully saturated rings. The molecular weight excluding hydrogens is 324 g/mol. The Hall–Kier alpha value is -1.40. The van der Waals surface area contributed by atoms with Crippen LogP contribution in [0.25, 0.3) is 0 Å². The largest absolute Gasteiger partial charge is 0.480 e. The van der Waals surface area contributed by atoms with E-state index in [2.05, 4.69) is 21.2 Å². The summed E-state index contributed by atoms with van der Waals surface area (Å²) in [6, 6.07) is 5.58. The van der Waals surface area contributed by atoms with E-state index in [0.29, 0.717) is 6.54 Å². The van der Waals surface area contributed by atoms with Gasteiger partial charge in [0.2, 0.25) is 5.91 Å². The minimum Gasteiger partial charge on any atom is -0.480 e. The summed E-state index contributed by atoms with van der Waals surface area (Å²) in [4.78, 5) is 24.3. The molecule has 1 aromatic rings. The van der Waals surface area contributed by atoms with Gasteiger partial charge in [-0.2, -0.15) is 0 Å². The van der Waals surface area contributed by atoms with Gasteiger partial charge in [-0.1, -0.05) is 22.9 Å². The standard InChI is InChI=1S/C14H19BrN2O3/c1-3-6-17(9-14(19)20)8-13(18)16-12-5-4-11(15)7-10(12)2/h4-5,7H,3,6,8-9H2,1-2H3,(H,16,18)(H,19,20). The van der Waals surface area contributed by atoms with Crippen LogP contribution in [-0.2, 0) is 9.59 Å². The second-order valence-electron chi connectivity index (χ2n) is 4.61. The molecular formula is C14H19BrN2O3. The molecule has 0 heterocycles. The second kappa shape index (κ2) is 8.01. The molecule has 0 aliphatic carbocycles. The third kappa shape index (κ3) is 5.71. The number of anilines is 1. The van der Waals surface area contributed by atoms with E-state index < -0.39 is 5.97 Å². The third-order valence-electron chi connectivity index (χ3n) is 2.73. The maximum absolute atomic E-state index is 12.0. The predicted molar refractivity (Wildman–Crippen MR) is 81.9 cm³/mol. The SMILES string of the molecule is CCCN(CC(=O)O)CC(=O)Nc1ccc(Br)cc1C. The van der Waals surface area contributed by atoms with Crippen LogP contribution in [0.4, 0.5) is 5.69 Å². The van der Waals surface area contributed by atoms with Crippen LogP contribution in [0.5, 0.6) is 0 Å². The first-order valence-electron chi connectivity index (χ1n) is 6.42. The second-order valence-corrected chi connectivity index (χ2v) is 5.53. The molecule has 6 heteroatoms. The molecule has 1 rings (SSSR count). The molecule has 0 spiro atoms. The Morgan fingerprint density at radius 3 is 2.60 bits per heavy atom. The maximum Gasteiger partial charge on any atom is 0.317 e. The van der Waals surface area contributed by atoms with Crippen molar-refractivity contribution < 1.29 is 14.7 Å². The zero-order valence-electron chi connectivity index (χ0n) is 11.6. The Bertz CT molecular complexity index is 491. The third-order valence-corrected chi connectivity index (χ3v) is 3.22. The van der Waals surface area contributed by atoms with Gasteiger partial charge in [-0.05, 0) is 43.7 Å². The van der Waals surface area contributed by atoms with E-state index in [1.165, 1.54) is 0 Å². The minimum atomic E-state index is -0.925. The number of aryl methyl sites for hydroxylation is 1. The molecule has 5 nitrogen and oxygen atoms in total. The van der Waals surface area contributed by atoms with Crippen LogP contribution in [-0.4, -0.2) is 41.5 Å². The van der Waals surface area contributed by atoms with Gasteiger partial charge >= 0.3 is 5.97 Å². The van der Waals surface area contributed by atoms with Crippen LogP contribution < -0.4 is 5.32 Å². The molecule has 0 saturated heterocycles. The fraction of sp³-hybridized carbons (Fsp3) is 0.429. The number of nitrogens with one attached hydrogen (secondary N) is 1. The average molecular weight is 343 g/mol. The van der Waals surface area contributed by atoms with Crippen LogP contribution in [0, 0.1) is 6.92 Å². The summed E-state index contributed by atoms with van der Waals surface area (Å²) in [5.74, 6) is -1.13. The summed E-state index contributed by atoms with van der Waals surface area (Å²) in [6.07, 6.45) is 0.803. The van der Waals surface area contributed by atoms with Crippen molar-refractivity contribution in [2.45, 2.75) is 20.3 Å². The lowest BCUT2D eigenvalue weighted by atomic mass is 10.2. The predicted octanol–water partition coefficient (Wildman–Crippen LogP) is 2.49. The first-order chi connectivity index (χ1) is 9.42. The van der Waals surface area contributed by atoms with Gasteiger partial charge in [-0.3, -0.25) is 14.5 Å². The Morgan fingerprint density at radius 2 is 2.05 bits per heavy atom. The van der Waals surface area contributed by atoms with Crippen molar-refractivity contribution in [2.75, 3.05) is 25.0 Å². The normalized spacial score (nSPS) is 10.6. The van der Waals surface area contributed by atoms with Crippen molar-refractivity contribution in [1.29, 1.82) is 0 Å². The van der Waals surface area contributed by atoms with Crippen LogP contribution in [0.15, 0.2) is 22.7 Å². The van der Waals surface area contributed by atoms with Gasteiger partial charge in [0.15, 0.2) is 0 Å². The smallest absolute Gasteiger partial charge is 0.317 e. The van der Waals surface area contributed by atoms with Gasteiger partial charge < -0.3 is 10.4 Å². The number of carbonyl (C=O) groups is 2. The van der Waals surface area contributed by atoms with Gasteiger partial charge in [0.05, 0.1) is 13.1 Å². The lowest BCUT2D eigenvalue weighted by molar-refractivity contribution is -0.138. The molecule has 0 aliphatic heterocycles. The first-order valence-corrected chi connectivity index (χ1v) is 7.21. The maximum atomic E-state index is 12.0. The van der Waals surface area contributed by atoms with Crippen molar-refractivity contribution >= 4 is 33.5 Å². The Balaban J connectivity index is 2.62. The molecule has 0 aliphatic rings. The molecule has 0 bridgehead atoms. The van der Waals surface area contributed by atoms with Crippen LogP contribution in [0.2, 0.25) is 0 Å². The number of nitrogens with zero attached hydrogens (tertiary/aromatic N) is 1. The average Bonchev–Trinajstić information content (AvgIpc) is 2.32. The Morgan fingerprint density at radius 1 is 1.35 bits per heavy atom. The summed E-state index contributed by atoms with van der Waals surface area (Å²) in [5.41, 5.74) is 1.69. The van der Waals surface area contributed by atoms with E-state index in [9.17, 15) is 9.59 Å². The summed E-state index contributed by atoms with van der Waals surface area (Å²) in [7, 11) is 0. The molecule has 110 valence electrons. The van der Waals surface area contributed by atoms with E-state index in [-0.39, 0.29) is 19.0 Å². The number of aliphatic carboxylic acids is 1. The van der Waals surface area contributed by atoms with Crippen molar-refractivity contribution in [2.24, 2.45) is 0 Å². The highest BCUT2D eigenvalue weighted by molar-refractivity contribution is 9.10. The molecule has 1 aromatic carbocycles. The molecule has 0 unspecified atom stereocenters. The molecule has 0 saturated carbocycles. The van der Waals surface area contributed by atoms with Crippen molar-refractivity contribution in [3.8, 4) is 0 Å². The highest BCUT2D eigenvalue weighted by Gasteiger charge is 2.13. The fourth-order valence-corrected chi connectivity index (χ4v) is 2.36. The molecule has 0 radical (unpaired) electrons. The van der Waals surface area contributed by atoms with E-state index in [0.717, 1.165) is 22.1 Å². The van der Waals surface area contributed by atoms with Gasteiger partial charge in [0, 0.05) is 10.2 Å². The van der Waals surface area contributed by atoms with Crippen molar-refractivity contribution in [3.63, 3.8) is 0 Å². The first kappa shape index (κ1) is 16.7. The number of carbonyl (C=O) groups excluding carboxylic acids is 1. The monoisotopic (exact) mass is 342 g/mol. The molecule has 0 aromatic heterocycles. The zero-order chi connectivity index (χ0) is 15.1. The summed E-state index contributed by atoms with van der Waals surface area (Å²) < 4.78 is 0.950. The van der Waals surface area contributed by atoms with Gasteiger partial charge in [0.1, 0.15) is 0 Å². The molecule has 1 amide bonds. The van der Waals surface area contributed by atoms with E-state index in [1.807, 2.05) is 32.0 Å². The zero-order valence-corrected chi connectivity index (χ0v) is 13.2. The van der Waals surface area contributed by atoms with Crippen LogP contribution >= 0.6 is 15.9 Å². The quantitative estimate of drug-likeness (QED) is 0.798. The summed E-state index contributed by atoms with van der Waals surface area (Å²) >= 11 is 3.36. The van der Waals surface area contributed by atoms with Gasteiger partial charge in [0.25, 0.3) is 0 Å². The van der Waals surface area contributed by atoms with Crippen molar-refractivity contribution in [3.05, 3.63) is 28.2 Å². The number of carboxylic acids is 1. The van der Waals surface area contributed by atoms with E-state index in [4.69, 9.17) is 5.11 Å². The molecule has 2 N–H and O–H groups in total. The number of rotatable bonds is 7. The number of carboxylic acid groups (broad SMARTS) is 1. The van der Waals surface area contributed by atoms with Crippen molar-refractivity contribution in [1.82, 2.24) is 4.90 Å². The molecule has 20 heavy (non-hydrogen) atoms. The topological polar surface area (TPSA) is 69.6 Å². The number of benzene rings is 1. The van der Waals surface area contributed by atoms with Crippen LogP contribution in [0.3, 0.4) is 0 Å². The van der Waals surface area contributed by atoms with E-state index >= 15 is 0 Å². The number of hydrogen-bond donors (Lipinski definition) is 2. The molecule has 0 atom stereocenters. The Kier molecular flexibility index (Phi) is 6.67. The minimum absolute atomic E-state index is 0.0790. The Labute approximate surface area is 127 Å². The summed E-state index contributed by atoms with van der Waals surface area (Å²) in [6.45, 7) is 4.39.